The van der Waals surface area contributed by atoms with E-state index in [4.69, 9.17) is 33.2 Å². The molecule has 284 valence electrons. The molecule has 2 amide bonds. The van der Waals surface area contributed by atoms with E-state index in [2.05, 4.69) is 10.6 Å². The van der Waals surface area contributed by atoms with Gasteiger partial charge in [0.05, 0.1) is 26.4 Å². The lowest BCUT2D eigenvalue weighted by Gasteiger charge is -2.49. The van der Waals surface area contributed by atoms with Crippen LogP contribution in [0.3, 0.4) is 0 Å². The molecule has 4 rings (SSSR count). The Labute approximate surface area is 278 Å². The number of aliphatic hydroxyl groups is 11. The SMILES string of the molecule is CC(=O)N[C@@H]1[C@@H](O)[C@H](O[C@@H]2O[C@H](CO)[C@@H](O[C@@H]3O[C@H](CO)[C@@H](O)[C@H](O)[C@@H]3O[C@@H]3O[C@H](CO)[C@H](O)[C@H]3O)[C@H](O)[C@H]2NC(C)=O)[C@@H](CO)O[C@H]1O. The van der Waals surface area contributed by atoms with Gasteiger partial charge in [-0.15, -0.1) is 0 Å². The zero-order chi connectivity index (χ0) is 36.3. The molecule has 13 N–H and O–H groups in total. The quantitative estimate of drug-likeness (QED) is 0.0890. The number of aliphatic hydroxyl groups excluding tert-OH is 11. The highest BCUT2D eigenvalue weighted by atomic mass is 16.8. The van der Waals surface area contributed by atoms with E-state index < -0.39 is 155 Å². The largest absolute Gasteiger partial charge is 0.394 e. The van der Waals surface area contributed by atoms with Gasteiger partial charge >= 0.3 is 0 Å². The van der Waals surface area contributed by atoms with Crippen molar-refractivity contribution in [1.82, 2.24) is 10.6 Å². The number of hydrogen-bond donors (Lipinski definition) is 13. The lowest BCUT2D eigenvalue weighted by atomic mass is 9.94. The molecule has 19 atom stereocenters. The number of amides is 2. The van der Waals surface area contributed by atoms with Crippen LogP contribution in [0.5, 0.6) is 0 Å². The molecule has 0 aromatic heterocycles. The summed E-state index contributed by atoms with van der Waals surface area (Å²) < 4.78 is 39.4. The molecule has 0 spiro atoms. The van der Waals surface area contributed by atoms with Crippen molar-refractivity contribution in [2.24, 2.45) is 0 Å². The summed E-state index contributed by atoms with van der Waals surface area (Å²) in [5, 5.41) is 119. The summed E-state index contributed by atoms with van der Waals surface area (Å²) in [6.07, 6.45) is -28.5. The van der Waals surface area contributed by atoms with E-state index in [1.54, 1.807) is 0 Å². The number of carbonyl (C=O) groups excluding carboxylic acids is 2. The zero-order valence-corrected chi connectivity index (χ0v) is 26.4. The number of nitrogens with one attached hydrogen (secondary N) is 2. The lowest BCUT2D eigenvalue weighted by Crippen LogP contribution is -2.70. The Morgan fingerprint density at radius 3 is 1.43 bits per heavy atom. The summed E-state index contributed by atoms with van der Waals surface area (Å²) in [5.41, 5.74) is 0. The zero-order valence-electron chi connectivity index (χ0n) is 26.4. The molecule has 0 radical (unpaired) electrons. The van der Waals surface area contributed by atoms with Crippen molar-refractivity contribution in [3.63, 3.8) is 0 Å². The van der Waals surface area contributed by atoms with Gasteiger partial charge in [0.2, 0.25) is 11.8 Å². The summed E-state index contributed by atoms with van der Waals surface area (Å²) in [7, 11) is 0. The van der Waals surface area contributed by atoms with Crippen LogP contribution in [0.15, 0.2) is 0 Å². The number of hydrogen-bond acceptors (Lipinski definition) is 20. The van der Waals surface area contributed by atoms with Gasteiger partial charge in [-0.3, -0.25) is 9.59 Å². The summed E-state index contributed by atoms with van der Waals surface area (Å²) in [5.74, 6) is -1.38. The minimum Gasteiger partial charge on any atom is -0.394 e. The van der Waals surface area contributed by atoms with Crippen LogP contribution < -0.4 is 10.6 Å². The van der Waals surface area contributed by atoms with Crippen molar-refractivity contribution in [1.29, 1.82) is 0 Å². The smallest absolute Gasteiger partial charge is 0.217 e. The highest BCUT2D eigenvalue weighted by Gasteiger charge is 2.56. The number of rotatable bonds is 12. The molecule has 0 aromatic rings. The van der Waals surface area contributed by atoms with Crippen molar-refractivity contribution in [3.05, 3.63) is 0 Å². The maximum absolute atomic E-state index is 12.2. The van der Waals surface area contributed by atoms with E-state index in [-0.39, 0.29) is 0 Å². The van der Waals surface area contributed by atoms with E-state index >= 15 is 0 Å². The van der Waals surface area contributed by atoms with Gasteiger partial charge in [-0.05, 0) is 0 Å². The monoisotopic (exact) mass is 718 g/mol. The van der Waals surface area contributed by atoms with Gasteiger partial charge in [0.1, 0.15) is 91.4 Å². The Morgan fingerprint density at radius 2 is 0.898 bits per heavy atom. The topological polar surface area (TPSA) is 345 Å². The molecule has 4 saturated heterocycles. The Kier molecular flexibility index (Phi) is 14.0. The highest BCUT2D eigenvalue weighted by molar-refractivity contribution is 5.73. The maximum Gasteiger partial charge on any atom is 0.217 e. The van der Waals surface area contributed by atoms with Gasteiger partial charge in [-0.25, -0.2) is 0 Å². The Morgan fingerprint density at radius 1 is 0.490 bits per heavy atom. The Bertz CT molecular complexity index is 1090. The highest BCUT2D eigenvalue weighted by Crippen LogP contribution is 2.34. The van der Waals surface area contributed by atoms with E-state index in [0.29, 0.717) is 0 Å². The predicted octanol–water partition coefficient (Wildman–Crippen LogP) is -8.82. The molecule has 0 unspecified atom stereocenters. The van der Waals surface area contributed by atoms with Crippen LogP contribution in [-0.4, -0.2) is 211 Å². The summed E-state index contributed by atoms with van der Waals surface area (Å²) in [6.45, 7) is -1.09. The second-order valence-corrected chi connectivity index (χ2v) is 12.1. The van der Waals surface area contributed by atoms with Gasteiger partial charge in [-0.1, -0.05) is 0 Å². The average molecular weight is 719 g/mol. The molecule has 4 heterocycles. The third kappa shape index (κ3) is 8.65. The van der Waals surface area contributed by atoms with Crippen LogP contribution in [0.1, 0.15) is 13.8 Å². The molecule has 0 saturated carbocycles. The van der Waals surface area contributed by atoms with Crippen LogP contribution in [0.2, 0.25) is 0 Å². The molecule has 0 aromatic carbocycles. The van der Waals surface area contributed by atoms with E-state index in [9.17, 15) is 65.8 Å². The number of carbonyl (C=O) groups is 2. The molecule has 4 aliphatic heterocycles. The summed E-state index contributed by atoms with van der Waals surface area (Å²) >= 11 is 0. The lowest BCUT2D eigenvalue weighted by molar-refractivity contribution is -0.374. The minimum absolute atomic E-state index is 0.652. The van der Waals surface area contributed by atoms with Crippen molar-refractivity contribution in [3.8, 4) is 0 Å². The normalized spacial score (nSPS) is 47.5. The molecule has 4 aliphatic rings. The van der Waals surface area contributed by atoms with Crippen LogP contribution in [0.4, 0.5) is 0 Å². The second-order valence-electron chi connectivity index (χ2n) is 12.1. The van der Waals surface area contributed by atoms with Gasteiger partial charge in [-0.2, -0.15) is 0 Å². The second kappa shape index (κ2) is 17.2. The fraction of sp³-hybridized carbons (Fsp3) is 0.926. The molecule has 22 heteroatoms. The first kappa shape index (κ1) is 40.0. The molecular formula is C27H46N2O20. The molecule has 4 fully saturated rings. The van der Waals surface area contributed by atoms with Gasteiger partial charge in [0.15, 0.2) is 25.2 Å². The molecule has 49 heavy (non-hydrogen) atoms. The third-order valence-corrected chi connectivity index (χ3v) is 8.66. The minimum atomic E-state index is -1.91. The van der Waals surface area contributed by atoms with Crippen LogP contribution in [0.25, 0.3) is 0 Å². The van der Waals surface area contributed by atoms with Gasteiger partial charge in [0.25, 0.3) is 0 Å². The van der Waals surface area contributed by atoms with Crippen LogP contribution in [-0.2, 0) is 42.7 Å². The standard InChI is InChI=1S/C27H46N2O20/c1-7(34)28-13-17(38)21(11(5-32)43-24(13)42)47-25-14(29-8(2)35)18(39)22(12(6-33)46-25)48-27-23(19(40)15(36)9(3-30)45-27)49-26-20(41)16(37)10(4-31)44-26/h9-27,30-33,36-42H,3-6H2,1-2H3,(H,28,34)(H,29,35)/t9-,10-,11-,12-,13-,14-,15-,16+,17-,18-,19+,20-,21-,22-,23+,24-,25+,26+,27+/m1/s1. The summed E-state index contributed by atoms with van der Waals surface area (Å²) in [4.78, 5) is 23.9. The van der Waals surface area contributed by atoms with E-state index in [1.807, 2.05) is 0 Å². The molecule has 0 aliphatic carbocycles. The fourth-order valence-corrected chi connectivity index (χ4v) is 6.13. The van der Waals surface area contributed by atoms with E-state index in [0.717, 1.165) is 13.8 Å². The predicted molar refractivity (Wildman–Crippen MR) is 151 cm³/mol. The first-order valence-corrected chi connectivity index (χ1v) is 15.5. The summed E-state index contributed by atoms with van der Waals surface area (Å²) in [6, 6.07) is -3.02. The van der Waals surface area contributed by atoms with Crippen molar-refractivity contribution < 1.29 is 98.9 Å². The van der Waals surface area contributed by atoms with E-state index in [1.165, 1.54) is 0 Å². The number of ether oxygens (including phenoxy) is 7. The molecule has 0 bridgehead atoms. The Hall–Kier alpha value is -1.78. The maximum atomic E-state index is 12.2. The molecule has 22 nitrogen and oxygen atoms in total. The van der Waals surface area contributed by atoms with Gasteiger partial charge in [0, 0.05) is 13.8 Å². The van der Waals surface area contributed by atoms with Crippen LogP contribution >= 0.6 is 0 Å². The van der Waals surface area contributed by atoms with Crippen LogP contribution in [0, 0.1) is 0 Å². The molecular weight excluding hydrogens is 672 g/mol. The third-order valence-electron chi connectivity index (χ3n) is 8.66. The van der Waals surface area contributed by atoms with Crippen molar-refractivity contribution in [2.75, 3.05) is 26.4 Å². The Balaban J connectivity index is 1.60. The average Bonchev–Trinajstić information content (AvgIpc) is 3.33. The first-order chi connectivity index (χ1) is 23.2. The fourth-order valence-electron chi connectivity index (χ4n) is 6.13. The van der Waals surface area contributed by atoms with Crippen molar-refractivity contribution >= 4 is 11.8 Å². The first-order valence-electron chi connectivity index (χ1n) is 15.5. The van der Waals surface area contributed by atoms with Gasteiger partial charge < -0.3 is 100.0 Å². The van der Waals surface area contributed by atoms with Crippen molar-refractivity contribution in [2.45, 2.75) is 130 Å².